The number of aliphatic hydroxyl groups is 1. The minimum absolute atomic E-state index is 0.0223. The molecule has 3 N–H and O–H groups in total. The minimum atomic E-state index is 0.0223. The number of aliphatic hydroxyl groups excluding tert-OH is 1. The molecule has 6 heteroatoms. The van der Waals surface area contributed by atoms with Gasteiger partial charge in [-0.1, -0.05) is 24.3 Å². The molecule has 0 aliphatic rings. The Hall–Kier alpha value is -2.47. The largest absolute Gasteiger partial charge is 0.392 e. The Morgan fingerprint density at radius 3 is 2.63 bits per heavy atom. The lowest BCUT2D eigenvalue weighted by atomic mass is 10.1. The molecule has 0 aliphatic heterocycles. The van der Waals surface area contributed by atoms with Crippen LogP contribution in [0.5, 0.6) is 0 Å². The van der Waals surface area contributed by atoms with E-state index in [2.05, 4.69) is 15.1 Å². The normalized spacial score (nSPS) is 11.1. The van der Waals surface area contributed by atoms with Crippen LogP contribution in [-0.4, -0.2) is 24.9 Å². The van der Waals surface area contributed by atoms with Crippen molar-refractivity contribution >= 4 is 16.9 Å². The second-order valence-corrected chi connectivity index (χ2v) is 4.28. The van der Waals surface area contributed by atoms with Crippen LogP contribution in [0.15, 0.2) is 30.6 Å². The van der Waals surface area contributed by atoms with Crippen LogP contribution in [0, 0.1) is 0 Å². The summed E-state index contributed by atoms with van der Waals surface area (Å²) in [7, 11) is 1.82. The van der Waals surface area contributed by atoms with E-state index < -0.39 is 0 Å². The smallest absolute Gasteiger partial charge is 0.163 e. The zero-order chi connectivity index (χ0) is 13.4. The monoisotopic (exact) mass is 255 g/mol. The van der Waals surface area contributed by atoms with Gasteiger partial charge in [0.05, 0.1) is 12.0 Å². The third-order valence-electron chi connectivity index (χ3n) is 3.06. The molecular weight excluding hydrogens is 242 g/mol. The summed E-state index contributed by atoms with van der Waals surface area (Å²) >= 11 is 0. The summed E-state index contributed by atoms with van der Waals surface area (Å²) in [6.45, 7) is 0.0223. The van der Waals surface area contributed by atoms with Crippen LogP contribution in [-0.2, 0) is 13.7 Å². The average Bonchev–Trinajstić information content (AvgIpc) is 2.78. The predicted octanol–water partition coefficient (Wildman–Crippen LogP) is 1.10. The number of fused-ring (bicyclic) bond motifs is 1. The van der Waals surface area contributed by atoms with Gasteiger partial charge in [0.1, 0.15) is 17.8 Å². The molecule has 0 saturated carbocycles. The van der Waals surface area contributed by atoms with Crippen molar-refractivity contribution in [2.24, 2.45) is 7.05 Å². The molecule has 19 heavy (non-hydrogen) atoms. The van der Waals surface area contributed by atoms with Gasteiger partial charge >= 0.3 is 0 Å². The van der Waals surface area contributed by atoms with Crippen LogP contribution in [0.3, 0.4) is 0 Å². The molecule has 1 aromatic carbocycles. The van der Waals surface area contributed by atoms with Gasteiger partial charge in [0.25, 0.3) is 0 Å². The number of nitrogens with two attached hydrogens (primary N) is 1. The van der Waals surface area contributed by atoms with E-state index in [9.17, 15) is 0 Å². The SMILES string of the molecule is Cn1nc(-c2ccc(CO)cc2)c2c(N)ncnc21. The summed E-state index contributed by atoms with van der Waals surface area (Å²) in [6.07, 6.45) is 1.43. The number of aryl methyl sites for hydroxylation is 1. The fourth-order valence-corrected chi connectivity index (χ4v) is 2.08. The third kappa shape index (κ3) is 1.82. The van der Waals surface area contributed by atoms with Crippen LogP contribution < -0.4 is 5.73 Å². The molecule has 0 saturated heterocycles. The maximum absolute atomic E-state index is 9.06. The summed E-state index contributed by atoms with van der Waals surface area (Å²) in [5.74, 6) is 0.416. The molecule has 3 aromatic rings. The second-order valence-electron chi connectivity index (χ2n) is 4.28. The minimum Gasteiger partial charge on any atom is -0.392 e. The molecule has 0 aliphatic carbocycles. The highest BCUT2D eigenvalue weighted by molar-refractivity contribution is 5.98. The molecule has 0 radical (unpaired) electrons. The summed E-state index contributed by atoms with van der Waals surface area (Å²) in [6, 6.07) is 7.52. The van der Waals surface area contributed by atoms with E-state index in [1.54, 1.807) is 4.68 Å². The molecule has 0 bridgehead atoms. The number of anilines is 1. The van der Waals surface area contributed by atoms with Gasteiger partial charge in [-0.05, 0) is 5.56 Å². The van der Waals surface area contributed by atoms with E-state index in [-0.39, 0.29) is 6.61 Å². The zero-order valence-electron chi connectivity index (χ0n) is 10.4. The van der Waals surface area contributed by atoms with Crippen LogP contribution in [0.25, 0.3) is 22.3 Å². The number of benzene rings is 1. The van der Waals surface area contributed by atoms with Crippen molar-refractivity contribution in [3.05, 3.63) is 36.2 Å². The van der Waals surface area contributed by atoms with Crippen molar-refractivity contribution in [3.8, 4) is 11.3 Å². The first-order valence-electron chi connectivity index (χ1n) is 5.84. The summed E-state index contributed by atoms with van der Waals surface area (Å²) < 4.78 is 1.68. The summed E-state index contributed by atoms with van der Waals surface area (Å²) in [5, 5.41) is 14.3. The number of hydrogen-bond acceptors (Lipinski definition) is 5. The lowest BCUT2D eigenvalue weighted by Crippen LogP contribution is -1.95. The number of nitrogens with zero attached hydrogens (tertiary/aromatic N) is 4. The molecule has 96 valence electrons. The van der Waals surface area contributed by atoms with E-state index in [0.717, 1.165) is 22.2 Å². The molecule has 6 nitrogen and oxygen atoms in total. The first-order chi connectivity index (χ1) is 9.20. The van der Waals surface area contributed by atoms with Crippen molar-refractivity contribution in [1.82, 2.24) is 19.7 Å². The molecule has 0 amide bonds. The predicted molar refractivity (Wildman–Crippen MR) is 72.1 cm³/mol. The molecule has 0 fully saturated rings. The standard InChI is InChI=1S/C13H13N5O/c1-18-13-10(12(14)15-7-16-13)11(17-18)9-4-2-8(6-19)3-5-9/h2-5,7,19H,6H2,1H3,(H2,14,15,16). The van der Waals surface area contributed by atoms with Gasteiger partial charge in [0, 0.05) is 12.6 Å². The highest BCUT2D eigenvalue weighted by atomic mass is 16.3. The Kier molecular flexibility index (Phi) is 2.64. The first-order valence-corrected chi connectivity index (χ1v) is 5.84. The molecule has 0 unspecified atom stereocenters. The van der Waals surface area contributed by atoms with Gasteiger partial charge in [0.2, 0.25) is 0 Å². The van der Waals surface area contributed by atoms with E-state index in [1.165, 1.54) is 6.33 Å². The lowest BCUT2D eigenvalue weighted by molar-refractivity contribution is 0.282. The molecule has 2 aromatic heterocycles. The van der Waals surface area contributed by atoms with E-state index in [0.29, 0.717) is 11.5 Å². The average molecular weight is 255 g/mol. The van der Waals surface area contributed by atoms with Crippen LogP contribution in [0.1, 0.15) is 5.56 Å². The van der Waals surface area contributed by atoms with E-state index >= 15 is 0 Å². The van der Waals surface area contributed by atoms with Gasteiger partial charge in [-0.25, -0.2) is 14.6 Å². The highest BCUT2D eigenvalue weighted by Crippen LogP contribution is 2.29. The van der Waals surface area contributed by atoms with Crippen molar-refractivity contribution in [2.75, 3.05) is 5.73 Å². The van der Waals surface area contributed by atoms with E-state index in [1.807, 2.05) is 31.3 Å². The van der Waals surface area contributed by atoms with Gasteiger partial charge in [-0.15, -0.1) is 0 Å². The fourth-order valence-electron chi connectivity index (χ4n) is 2.08. The number of rotatable bonds is 2. The Labute approximate surface area is 109 Å². The maximum atomic E-state index is 9.06. The molecular formula is C13H13N5O. The van der Waals surface area contributed by atoms with Crippen molar-refractivity contribution < 1.29 is 5.11 Å². The van der Waals surface area contributed by atoms with Crippen LogP contribution in [0.4, 0.5) is 5.82 Å². The summed E-state index contributed by atoms with van der Waals surface area (Å²) in [5.41, 5.74) is 9.15. The molecule has 3 rings (SSSR count). The van der Waals surface area contributed by atoms with E-state index in [4.69, 9.17) is 10.8 Å². The summed E-state index contributed by atoms with van der Waals surface area (Å²) in [4.78, 5) is 8.20. The van der Waals surface area contributed by atoms with Crippen molar-refractivity contribution in [3.63, 3.8) is 0 Å². The van der Waals surface area contributed by atoms with Crippen LogP contribution >= 0.6 is 0 Å². The van der Waals surface area contributed by atoms with Gasteiger partial charge in [-0.2, -0.15) is 5.10 Å². The number of hydrogen-bond donors (Lipinski definition) is 2. The number of aromatic nitrogens is 4. The zero-order valence-corrected chi connectivity index (χ0v) is 10.4. The lowest BCUT2D eigenvalue weighted by Gasteiger charge is -2.01. The Morgan fingerprint density at radius 2 is 1.95 bits per heavy atom. The van der Waals surface area contributed by atoms with Crippen LogP contribution in [0.2, 0.25) is 0 Å². The highest BCUT2D eigenvalue weighted by Gasteiger charge is 2.14. The maximum Gasteiger partial charge on any atom is 0.163 e. The Bertz CT molecular complexity index is 733. The molecule has 0 atom stereocenters. The Morgan fingerprint density at radius 1 is 1.21 bits per heavy atom. The van der Waals surface area contributed by atoms with Gasteiger partial charge < -0.3 is 10.8 Å². The van der Waals surface area contributed by atoms with Crippen molar-refractivity contribution in [1.29, 1.82) is 0 Å². The molecule has 2 heterocycles. The number of nitrogen functional groups attached to an aromatic ring is 1. The molecule has 0 spiro atoms. The van der Waals surface area contributed by atoms with Crippen molar-refractivity contribution in [2.45, 2.75) is 6.61 Å². The van der Waals surface area contributed by atoms with Gasteiger partial charge in [0.15, 0.2) is 5.65 Å². The second kappa shape index (κ2) is 4.33. The van der Waals surface area contributed by atoms with Gasteiger partial charge in [-0.3, -0.25) is 0 Å². The topological polar surface area (TPSA) is 89.8 Å². The fraction of sp³-hybridized carbons (Fsp3) is 0.154. The third-order valence-corrected chi connectivity index (χ3v) is 3.06. The quantitative estimate of drug-likeness (QED) is 0.715. The first kappa shape index (κ1) is 11.6. The Balaban J connectivity index is 2.24.